The molecule has 8 atom stereocenters. The van der Waals surface area contributed by atoms with Crippen LogP contribution in [0.1, 0.15) is 122 Å². The maximum Gasteiger partial charge on any atom is 0.119 e. The molecule has 1 aromatic rings. The summed E-state index contributed by atoms with van der Waals surface area (Å²) in [7, 11) is 1.95. The van der Waals surface area contributed by atoms with Gasteiger partial charge in [-0.15, -0.1) is 0 Å². The average molecular weight is 551 g/mol. The summed E-state index contributed by atoms with van der Waals surface area (Å²) in [4.78, 5) is 0. The van der Waals surface area contributed by atoms with Gasteiger partial charge in [0, 0.05) is 24.6 Å². The van der Waals surface area contributed by atoms with E-state index in [9.17, 15) is 5.21 Å². The molecule has 40 heavy (non-hydrogen) atoms. The number of hydrogen-bond donors (Lipinski definition) is 2. The Hall–Kier alpha value is -1.59. The highest BCUT2D eigenvalue weighted by Crippen LogP contribution is 2.67. The number of fused-ring (bicyclic) bond motifs is 5. The van der Waals surface area contributed by atoms with Gasteiger partial charge in [-0.25, -0.2) is 0 Å². The molecule has 5 heteroatoms. The number of nitrogens with zero attached hydrogens (tertiary/aromatic N) is 1. The minimum Gasteiger partial charge on any atom is -0.494 e. The maximum absolute atomic E-state index is 9.44. The second-order valence-electron chi connectivity index (χ2n) is 14.5. The zero-order valence-corrected chi connectivity index (χ0v) is 25.4. The van der Waals surface area contributed by atoms with Gasteiger partial charge in [-0.3, -0.25) is 0 Å². The monoisotopic (exact) mass is 550 g/mol. The van der Waals surface area contributed by atoms with E-state index in [2.05, 4.69) is 48.6 Å². The van der Waals surface area contributed by atoms with Crippen molar-refractivity contribution in [3.8, 4) is 5.75 Å². The lowest BCUT2D eigenvalue weighted by Gasteiger charge is -2.61. The molecule has 0 radical (unpaired) electrons. The molecule has 0 aliphatic heterocycles. The normalized spacial score (nSPS) is 39.8. The van der Waals surface area contributed by atoms with E-state index in [-0.39, 0.29) is 5.41 Å². The first kappa shape index (κ1) is 28.5. The van der Waals surface area contributed by atoms with Crippen LogP contribution in [0.2, 0.25) is 0 Å². The first-order valence-corrected chi connectivity index (χ1v) is 16.7. The van der Waals surface area contributed by atoms with Crippen molar-refractivity contribution < 1.29 is 14.7 Å². The molecule has 5 nitrogen and oxygen atoms in total. The van der Waals surface area contributed by atoms with Crippen molar-refractivity contribution in [1.29, 1.82) is 0 Å². The van der Waals surface area contributed by atoms with Gasteiger partial charge in [0.25, 0.3) is 0 Å². The molecule has 5 aliphatic rings. The van der Waals surface area contributed by atoms with E-state index in [0.29, 0.717) is 29.5 Å². The van der Waals surface area contributed by atoms with Crippen LogP contribution in [-0.4, -0.2) is 36.8 Å². The summed E-state index contributed by atoms with van der Waals surface area (Å²) in [5.74, 6) is 4.05. The lowest BCUT2D eigenvalue weighted by atomic mass is 9.44. The van der Waals surface area contributed by atoms with E-state index in [1.165, 1.54) is 82.6 Å². The van der Waals surface area contributed by atoms with Crippen molar-refractivity contribution in [2.45, 2.75) is 128 Å². The summed E-state index contributed by atoms with van der Waals surface area (Å²) in [5, 5.41) is 17.0. The maximum atomic E-state index is 9.44. The van der Waals surface area contributed by atoms with E-state index in [1.54, 1.807) is 0 Å². The molecule has 5 fully saturated rings. The zero-order valence-electron chi connectivity index (χ0n) is 25.4. The van der Waals surface area contributed by atoms with Crippen molar-refractivity contribution in [1.82, 2.24) is 5.32 Å². The lowest BCUT2D eigenvalue weighted by Crippen LogP contribution is -2.55. The summed E-state index contributed by atoms with van der Waals surface area (Å²) in [6.07, 6.45) is 19.1. The second kappa shape index (κ2) is 12.0. The highest BCUT2D eigenvalue weighted by Gasteiger charge is 2.61. The number of nitrogens with one attached hydrogen (secondary N) is 1. The van der Waals surface area contributed by atoms with Gasteiger partial charge in [-0.1, -0.05) is 43.5 Å². The molecule has 1 aromatic carbocycles. The predicted octanol–water partition coefficient (Wildman–Crippen LogP) is 8.31. The van der Waals surface area contributed by atoms with Crippen molar-refractivity contribution in [3.05, 3.63) is 29.8 Å². The molecule has 0 aromatic heterocycles. The molecule has 5 unspecified atom stereocenters. The molecule has 0 heterocycles. The van der Waals surface area contributed by atoms with Crippen LogP contribution in [-0.2, 0) is 4.74 Å². The Balaban J connectivity index is 1.11. The van der Waals surface area contributed by atoms with Crippen LogP contribution in [0.4, 0.5) is 0 Å². The van der Waals surface area contributed by atoms with Gasteiger partial charge in [0.2, 0.25) is 0 Å². The number of methoxy groups -OCH3 is 1. The summed E-state index contributed by atoms with van der Waals surface area (Å²) in [6.45, 7) is 5.66. The van der Waals surface area contributed by atoms with Crippen LogP contribution < -0.4 is 10.1 Å². The van der Waals surface area contributed by atoms with Crippen LogP contribution in [0, 0.1) is 34.5 Å². The van der Waals surface area contributed by atoms with Crippen LogP contribution >= 0.6 is 0 Å². The average Bonchev–Trinajstić information content (AvgIpc) is 3.36. The fourth-order valence-electron chi connectivity index (χ4n) is 10.7. The minimum atomic E-state index is 0.249. The van der Waals surface area contributed by atoms with Gasteiger partial charge in [-0.2, -0.15) is 0 Å². The molecule has 5 aliphatic carbocycles. The molecule has 2 N–H and O–H groups in total. The Morgan fingerprint density at radius 3 is 2.67 bits per heavy atom. The lowest BCUT2D eigenvalue weighted by molar-refractivity contribution is -0.130. The SMILES string of the molecule is CO[C@H]1CCC2C3CCC4C/C(=N\O)CC[C@]4(C)C3CC[C@@]21CCOc1cccc(C(C)NC2CCCCC2)c1. The largest absolute Gasteiger partial charge is 0.494 e. The number of ether oxygens (including phenoxy) is 2. The molecular weight excluding hydrogens is 496 g/mol. The summed E-state index contributed by atoms with van der Waals surface area (Å²) in [5.41, 5.74) is 3.01. The van der Waals surface area contributed by atoms with Gasteiger partial charge in [-0.05, 0) is 131 Å². The Morgan fingerprint density at radius 2 is 1.88 bits per heavy atom. The standard InChI is InChI=1S/C35H54N2O3/c1-24(36-27-9-5-4-6-10-27)25-8-7-11-29(22-25)40-21-20-35-19-17-31-30(32(35)14-15-33(35)39-3)13-12-26-23-28(37-38)16-18-34(26,31)2/h7-8,11,22,24,26-27,30-33,36,38H,4-6,9-10,12-21,23H2,1-3H3/b37-28-/t24?,26?,30?,31?,32?,33-,34-,35+/m0/s1. The topological polar surface area (TPSA) is 63.1 Å². The molecular formula is C35H54N2O3. The van der Waals surface area contributed by atoms with Gasteiger partial charge in [0.1, 0.15) is 5.75 Å². The highest BCUT2D eigenvalue weighted by atomic mass is 16.5. The number of rotatable bonds is 8. The Kier molecular flexibility index (Phi) is 8.53. The quantitative estimate of drug-likeness (QED) is 0.252. The summed E-state index contributed by atoms with van der Waals surface area (Å²) in [6, 6.07) is 9.83. The number of oxime groups is 1. The Bertz CT molecular complexity index is 1040. The second-order valence-corrected chi connectivity index (χ2v) is 14.5. The fourth-order valence-corrected chi connectivity index (χ4v) is 10.7. The summed E-state index contributed by atoms with van der Waals surface area (Å²) < 4.78 is 12.8. The van der Waals surface area contributed by atoms with E-state index in [4.69, 9.17) is 9.47 Å². The van der Waals surface area contributed by atoms with Crippen LogP contribution in [0.25, 0.3) is 0 Å². The minimum absolute atomic E-state index is 0.249. The van der Waals surface area contributed by atoms with Gasteiger partial charge in [0.15, 0.2) is 0 Å². The van der Waals surface area contributed by atoms with Crippen molar-refractivity contribution in [3.63, 3.8) is 0 Å². The van der Waals surface area contributed by atoms with E-state index >= 15 is 0 Å². The Labute approximate surface area is 242 Å². The number of benzene rings is 1. The van der Waals surface area contributed by atoms with Crippen LogP contribution in [0.15, 0.2) is 29.4 Å². The molecule has 0 amide bonds. The number of hydrogen-bond acceptors (Lipinski definition) is 5. The van der Waals surface area contributed by atoms with E-state index in [1.807, 2.05) is 7.11 Å². The van der Waals surface area contributed by atoms with Gasteiger partial charge >= 0.3 is 0 Å². The molecule has 0 bridgehead atoms. The predicted molar refractivity (Wildman–Crippen MR) is 161 cm³/mol. The van der Waals surface area contributed by atoms with Gasteiger partial charge < -0.3 is 20.0 Å². The smallest absolute Gasteiger partial charge is 0.119 e. The Morgan fingerprint density at radius 1 is 1.02 bits per heavy atom. The molecule has 0 spiro atoms. The highest BCUT2D eigenvalue weighted by molar-refractivity contribution is 5.85. The van der Waals surface area contributed by atoms with E-state index < -0.39 is 0 Å². The van der Waals surface area contributed by atoms with Crippen LogP contribution in [0.3, 0.4) is 0 Å². The molecule has 0 saturated heterocycles. The zero-order chi connectivity index (χ0) is 27.7. The van der Waals surface area contributed by atoms with Crippen molar-refractivity contribution in [2.75, 3.05) is 13.7 Å². The molecule has 6 rings (SSSR count). The van der Waals surface area contributed by atoms with Crippen molar-refractivity contribution >= 4 is 5.71 Å². The third kappa shape index (κ3) is 5.23. The van der Waals surface area contributed by atoms with Crippen molar-refractivity contribution in [2.24, 2.45) is 39.7 Å². The van der Waals surface area contributed by atoms with E-state index in [0.717, 1.165) is 55.1 Å². The summed E-state index contributed by atoms with van der Waals surface area (Å²) >= 11 is 0. The van der Waals surface area contributed by atoms with Crippen LogP contribution in [0.5, 0.6) is 5.75 Å². The van der Waals surface area contributed by atoms with Gasteiger partial charge in [0.05, 0.1) is 18.4 Å². The fraction of sp³-hybridized carbons (Fsp3) is 0.800. The third-order valence-electron chi connectivity index (χ3n) is 12.8. The molecule has 222 valence electrons. The first-order valence-electron chi connectivity index (χ1n) is 16.7. The molecule has 5 saturated carbocycles. The first-order chi connectivity index (χ1) is 19.5. The third-order valence-corrected chi connectivity index (χ3v) is 12.8.